The maximum absolute atomic E-state index is 12.0. The molecule has 82 valence electrons. The summed E-state index contributed by atoms with van der Waals surface area (Å²) in [6.45, 7) is 1.46. The second-order valence-corrected chi connectivity index (χ2v) is 4.88. The molecule has 0 aromatic heterocycles. The third-order valence-corrected chi connectivity index (χ3v) is 3.43. The van der Waals surface area contributed by atoms with Crippen LogP contribution in [0.4, 0.5) is 8.78 Å². The van der Waals surface area contributed by atoms with E-state index in [4.69, 9.17) is 12.2 Å². The zero-order valence-electron chi connectivity index (χ0n) is 8.64. The van der Waals surface area contributed by atoms with E-state index in [2.05, 4.69) is 0 Å². The molecule has 0 atom stereocenters. The molecule has 0 rings (SSSR count). The summed E-state index contributed by atoms with van der Waals surface area (Å²) in [6.07, 6.45) is -0.363. The zero-order chi connectivity index (χ0) is 11.1. The highest BCUT2D eigenvalue weighted by Gasteiger charge is 2.02. The molecule has 0 aromatic carbocycles. The van der Waals surface area contributed by atoms with Gasteiger partial charge in [-0.1, -0.05) is 24.0 Å². The van der Waals surface area contributed by atoms with Gasteiger partial charge in [0.1, 0.15) is 4.32 Å². The highest BCUT2D eigenvalue weighted by atomic mass is 32.2. The number of rotatable bonds is 4. The number of thiocarbonyl (C=S) groups is 1. The summed E-state index contributed by atoms with van der Waals surface area (Å²) < 4.78 is 24.8. The number of thioether (sulfide) groups is 1. The van der Waals surface area contributed by atoms with Crippen molar-refractivity contribution in [3.8, 4) is 0 Å². The van der Waals surface area contributed by atoms with Gasteiger partial charge >= 0.3 is 0 Å². The maximum Gasteiger partial charge on any atom is 0.269 e. The van der Waals surface area contributed by atoms with E-state index >= 15 is 0 Å². The monoisotopic (exact) mass is 239 g/mol. The minimum absolute atomic E-state index is 0.182. The van der Waals surface area contributed by atoms with E-state index in [-0.39, 0.29) is 5.57 Å². The Kier molecular flexibility index (Phi) is 7.09. The van der Waals surface area contributed by atoms with Crippen molar-refractivity contribution in [1.82, 2.24) is 4.90 Å². The molecule has 0 aliphatic heterocycles. The van der Waals surface area contributed by atoms with E-state index in [1.807, 2.05) is 19.0 Å². The summed E-state index contributed by atoms with van der Waals surface area (Å²) in [6, 6.07) is 0. The lowest BCUT2D eigenvalue weighted by molar-refractivity contribution is 0.407. The summed E-state index contributed by atoms with van der Waals surface area (Å²) >= 11 is 6.57. The van der Waals surface area contributed by atoms with Gasteiger partial charge in [-0.2, -0.15) is 8.78 Å². The van der Waals surface area contributed by atoms with Crippen LogP contribution in [0.1, 0.15) is 19.8 Å². The molecule has 0 saturated carbocycles. The molecule has 0 radical (unpaired) electrons. The Balaban J connectivity index is 3.58. The van der Waals surface area contributed by atoms with Crippen LogP contribution >= 0.6 is 24.0 Å². The van der Waals surface area contributed by atoms with E-state index in [0.717, 1.165) is 16.5 Å². The quantitative estimate of drug-likeness (QED) is 0.546. The molecule has 0 bridgehead atoms. The number of nitrogens with zero attached hydrogens (tertiary/aromatic N) is 1. The van der Waals surface area contributed by atoms with Crippen molar-refractivity contribution in [3.63, 3.8) is 0 Å². The molecule has 0 heterocycles. The summed E-state index contributed by atoms with van der Waals surface area (Å²) in [5.74, 6) is 0.793. The van der Waals surface area contributed by atoms with Gasteiger partial charge in [-0.05, 0) is 25.3 Å². The molecule has 0 N–H and O–H groups in total. The highest BCUT2D eigenvalue weighted by Crippen LogP contribution is 2.16. The third kappa shape index (κ3) is 6.32. The Labute approximate surface area is 93.5 Å². The van der Waals surface area contributed by atoms with Crippen molar-refractivity contribution in [2.45, 2.75) is 19.8 Å². The van der Waals surface area contributed by atoms with Crippen LogP contribution in [0.3, 0.4) is 0 Å². The van der Waals surface area contributed by atoms with Gasteiger partial charge in [0, 0.05) is 19.8 Å². The van der Waals surface area contributed by atoms with Crippen molar-refractivity contribution in [2.24, 2.45) is 0 Å². The molecular formula is C9H15F2NS2. The largest absolute Gasteiger partial charge is 0.364 e. The molecule has 5 heteroatoms. The minimum atomic E-state index is -1.55. The van der Waals surface area contributed by atoms with Crippen LogP contribution in [0.15, 0.2) is 11.7 Å². The Hall–Kier alpha value is -0.160. The average molecular weight is 239 g/mol. The normalized spacial score (nSPS) is 9.79. The standard InChI is InChI=1S/C9H15F2NS2/c1-7(8(10)11)5-4-6-14-9(13)12(2)3/h4-6H2,1-3H3. The van der Waals surface area contributed by atoms with Gasteiger partial charge in [-0.15, -0.1) is 0 Å². The first-order valence-corrected chi connectivity index (χ1v) is 5.69. The third-order valence-electron chi connectivity index (χ3n) is 1.61. The van der Waals surface area contributed by atoms with Gasteiger partial charge in [-0.3, -0.25) is 0 Å². The molecule has 14 heavy (non-hydrogen) atoms. The first-order chi connectivity index (χ1) is 6.45. The molecule has 0 aromatic rings. The van der Waals surface area contributed by atoms with E-state index in [1.165, 1.54) is 18.7 Å². The summed E-state index contributed by atoms with van der Waals surface area (Å²) in [5, 5.41) is 0. The van der Waals surface area contributed by atoms with Crippen molar-refractivity contribution in [3.05, 3.63) is 11.7 Å². The topological polar surface area (TPSA) is 3.24 Å². The van der Waals surface area contributed by atoms with Crippen molar-refractivity contribution < 1.29 is 8.78 Å². The molecule has 0 spiro atoms. The van der Waals surface area contributed by atoms with Gasteiger partial charge in [0.05, 0.1) is 0 Å². The highest BCUT2D eigenvalue weighted by molar-refractivity contribution is 8.22. The summed E-state index contributed by atoms with van der Waals surface area (Å²) in [5.41, 5.74) is 0.182. The SMILES string of the molecule is CC(CCCSC(=S)N(C)C)=C(F)F. The van der Waals surface area contributed by atoms with Gasteiger partial charge < -0.3 is 4.90 Å². The lowest BCUT2D eigenvalue weighted by Crippen LogP contribution is -2.16. The fourth-order valence-corrected chi connectivity index (χ4v) is 1.69. The number of hydrogen-bond donors (Lipinski definition) is 0. The molecular weight excluding hydrogens is 224 g/mol. The second-order valence-electron chi connectivity index (χ2n) is 3.15. The van der Waals surface area contributed by atoms with Crippen molar-refractivity contribution in [1.29, 1.82) is 0 Å². The number of allylic oxidation sites excluding steroid dienone is 1. The predicted octanol–water partition coefficient (Wildman–Crippen LogP) is 3.52. The lowest BCUT2D eigenvalue weighted by atomic mass is 10.2. The first-order valence-electron chi connectivity index (χ1n) is 4.30. The van der Waals surface area contributed by atoms with E-state index < -0.39 is 6.08 Å². The Morgan fingerprint density at radius 3 is 2.36 bits per heavy atom. The smallest absolute Gasteiger partial charge is 0.269 e. The van der Waals surface area contributed by atoms with Gasteiger partial charge in [0.15, 0.2) is 0 Å². The average Bonchev–Trinajstić information content (AvgIpc) is 2.11. The number of hydrogen-bond acceptors (Lipinski definition) is 2. The molecule has 1 nitrogen and oxygen atoms in total. The number of halogens is 2. The van der Waals surface area contributed by atoms with Crippen LogP contribution in [-0.4, -0.2) is 29.1 Å². The second kappa shape index (κ2) is 7.17. The van der Waals surface area contributed by atoms with E-state index in [1.54, 1.807) is 0 Å². The summed E-state index contributed by atoms with van der Waals surface area (Å²) in [4.78, 5) is 1.85. The first kappa shape index (κ1) is 13.8. The predicted molar refractivity (Wildman–Crippen MR) is 62.9 cm³/mol. The van der Waals surface area contributed by atoms with Gasteiger partial charge in [0.25, 0.3) is 6.08 Å². The zero-order valence-corrected chi connectivity index (χ0v) is 10.3. The van der Waals surface area contributed by atoms with Gasteiger partial charge in [-0.25, -0.2) is 0 Å². The van der Waals surface area contributed by atoms with Crippen LogP contribution < -0.4 is 0 Å². The Morgan fingerprint density at radius 2 is 1.93 bits per heavy atom. The van der Waals surface area contributed by atoms with Crippen LogP contribution in [0.5, 0.6) is 0 Å². The van der Waals surface area contributed by atoms with E-state index in [9.17, 15) is 8.78 Å². The summed E-state index contributed by atoms with van der Waals surface area (Å²) in [7, 11) is 3.75. The molecule has 0 unspecified atom stereocenters. The lowest BCUT2D eigenvalue weighted by Gasteiger charge is -2.12. The van der Waals surface area contributed by atoms with Crippen LogP contribution in [0.2, 0.25) is 0 Å². The van der Waals surface area contributed by atoms with Gasteiger partial charge in [0.2, 0.25) is 0 Å². The molecule has 0 saturated heterocycles. The fourth-order valence-electron chi connectivity index (χ4n) is 0.720. The molecule has 0 amide bonds. The van der Waals surface area contributed by atoms with Crippen molar-refractivity contribution in [2.75, 3.05) is 19.8 Å². The minimum Gasteiger partial charge on any atom is -0.364 e. The Bertz CT molecular complexity index is 223. The maximum atomic E-state index is 12.0. The Morgan fingerprint density at radius 1 is 1.36 bits per heavy atom. The molecule has 0 fully saturated rings. The molecule has 0 aliphatic rings. The fraction of sp³-hybridized carbons (Fsp3) is 0.667. The molecule has 0 aliphatic carbocycles. The van der Waals surface area contributed by atoms with Crippen LogP contribution in [0, 0.1) is 0 Å². The van der Waals surface area contributed by atoms with E-state index in [0.29, 0.717) is 6.42 Å². The van der Waals surface area contributed by atoms with Crippen LogP contribution in [-0.2, 0) is 0 Å². The van der Waals surface area contributed by atoms with Crippen molar-refractivity contribution >= 4 is 28.3 Å². The van der Waals surface area contributed by atoms with Crippen LogP contribution in [0.25, 0.3) is 0 Å².